The lowest BCUT2D eigenvalue weighted by atomic mass is 10.0. The second-order valence-corrected chi connectivity index (χ2v) is 6.39. The Balaban J connectivity index is 1.86. The molecule has 2 rings (SSSR count). The van der Waals surface area contributed by atoms with Crippen LogP contribution in [0.1, 0.15) is 25.0 Å². The summed E-state index contributed by atoms with van der Waals surface area (Å²) in [6.45, 7) is 10.1. The first-order valence-corrected chi connectivity index (χ1v) is 8.26. The Bertz CT molecular complexity index is 607. The van der Waals surface area contributed by atoms with Gasteiger partial charge in [-0.3, -0.25) is 9.89 Å². The van der Waals surface area contributed by atoms with E-state index in [1.807, 2.05) is 19.3 Å². The molecule has 4 heteroatoms. The Labute approximate surface area is 140 Å². The van der Waals surface area contributed by atoms with Crippen molar-refractivity contribution in [2.45, 2.75) is 39.8 Å². The van der Waals surface area contributed by atoms with Crippen LogP contribution in [0, 0.1) is 13.8 Å². The molecule has 1 N–H and O–H groups in total. The minimum Gasteiger partial charge on any atom is -0.492 e. The molecule has 0 bridgehead atoms. The van der Waals surface area contributed by atoms with Gasteiger partial charge >= 0.3 is 0 Å². The van der Waals surface area contributed by atoms with Crippen molar-refractivity contribution in [3.63, 3.8) is 0 Å². The molecule has 0 unspecified atom stereocenters. The van der Waals surface area contributed by atoms with Crippen LogP contribution < -0.4 is 10.1 Å². The van der Waals surface area contributed by atoms with E-state index >= 15 is 0 Å². The zero-order valence-electron chi connectivity index (χ0n) is 15.2. The molecule has 4 nitrogen and oxygen atoms in total. The van der Waals surface area contributed by atoms with Crippen LogP contribution in [-0.4, -0.2) is 50.4 Å². The first-order chi connectivity index (χ1) is 10.9. The number of nitrogens with zero attached hydrogens (tertiary/aromatic N) is 2. The van der Waals surface area contributed by atoms with Crippen molar-refractivity contribution >= 4 is 6.21 Å². The minimum absolute atomic E-state index is 0.187. The van der Waals surface area contributed by atoms with Crippen molar-refractivity contribution in [3.05, 3.63) is 40.6 Å². The van der Waals surface area contributed by atoms with Gasteiger partial charge in [0.25, 0.3) is 0 Å². The third kappa shape index (κ3) is 4.14. The summed E-state index contributed by atoms with van der Waals surface area (Å²) in [6, 6.07) is 6.77. The van der Waals surface area contributed by atoms with Crippen LogP contribution in [-0.2, 0) is 0 Å². The maximum Gasteiger partial charge on any atom is 0.119 e. The Hall–Kier alpha value is -1.81. The normalized spacial score (nSPS) is 18.7. The van der Waals surface area contributed by atoms with E-state index in [4.69, 9.17) is 4.74 Å². The lowest BCUT2D eigenvalue weighted by Gasteiger charge is -2.29. The summed E-state index contributed by atoms with van der Waals surface area (Å²) in [5.41, 5.74) is 5.01. The maximum atomic E-state index is 5.89. The molecular formula is C19H29N3O. The maximum absolute atomic E-state index is 5.89. The molecule has 1 aliphatic heterocycles. The van der Waals surface area contributed by atoms with E-state index in [-0.39, 0.29) is 6.04 Å². The molecule has 1 aliphatic rings. The Morgan fingerprint density at radius 1 is 1.26 bits per heavy atom. The van der Waals surface area contributed by atoms with Crippen molar-refractivity contribution < 1.29 is 4.74 Å². The van der Waals surface area contributed by atoms with Gasteiger partial charge < -0.3 is 10.1 Å². The number of aryl methyl sites for hydroxylation is 2. The van der Waals surface area contributed by atoms with Gasteiger partial charge in [0.15, 0.2) is 0 Å². The molecule has 0 amide bonds. The summed E-state index contributed by atoms with van der Waals surface area (Å²) in [7, 11) is 4.10. The Morgan fingerprint density at radius 3 is 2.65 bits per heavy atom. The first kappa shape index (κ1) is 17.5. The SMILES string of the molecule is CNC1=C(C)C=N[C@@H]1[C@@H](C)N(C)CCOc1ccc(C)c(C)c1. The van der Waals surface area contributed by atoms with Crippen molar-refractivity contribution in [3.8, 4) is 5.75 Å². The van der Waals surface area contributed by atoms with Crippen LogP contribution in [0.5, 0.6) is 5.75 Å². The van der Waals surface area contributed by atoms with Gasteiger partial charge in [-0.05, 0) is 63.6 Å². The number of nitrogens with one attached hydrogen (secondary N) is 1. The minimum atomic E-state index is 0.187. The van der Waals surface area contributed by atoms with E-state index in [1.54, 1.807) is 0 Å². The highest BCUT2D eigenvalue weighted by atomic mass is 16.5. The van der Waals surface area contributed by atoms with Crippen molar-refractivity contribution in [2.75, 3.05) is 27.2 Å². The third-order valence-electron chi connectivity index (χ3n) is 4.76. The fourth-order valence-electron chi connectivity index (χ4n) is 2.84. The molecule has 23 heavy (non-hydrogen) atoms. The molecule has 0 spiro atoms. The molecule has 0 radical (unpaired) electrons. The Morgan fingerprint density at radius 2 is 2.00 bits per heavy atom. The highest BCUT2D eigenvalue weighted by molar-refractivity contribution is 5.82. The third-order valence-corrected chi connectivity index (χ3v) is 4.76. The van der Waals surface area contributed by atoms with Gasteiger partial charge in [0.1, 0.15) is 18.4 Å². The topological polar surface area (TPSA) is 36.9 Å². The van der Waals surface area contributed by atoms with Gasteiger partial charge in [-0.15, -0.1) is 0 Å². The van der Waals surface area contributed by atoms with E-state index in [2.05, 4.69) is 62.1 Å². The van der Waals surface area contributed by atoms with E-state index in [0.717, 1.165) is 12.3 Å². The van der Waals surface area contributed by atoms with Crippen LogP contribution in [0.25, 0.3) is 0 Å². The molecule has 0 saturated heterocycles. The smallest absolute Gasteiger partial charge is 0.119 e. The van der Waals surface area contributed by atoms with Crippen molar-refractivity contribution in [2.24, 2.45) is 4.99 Å². The summed E-state index contributed by atoms with van der Waals surface area (Å²) in [6.07, 6.45) is 1.96. The van der Waals surface area contributed by atoms with Gasteiger partial charge in [-0.1, -0.05) is 6.07 Å². The lowest BCUT2D eigenvalue weighted by molar-refractivity contribution is 0.189. The van der Waals surface area contributed by atoms with Gasteiger partial charge in [-0.2, -0.15) is 0 Å². The summed E-state index contributed by atoms with van der Waals surface area (Å²) in [5.74, 6) is 0.944. The first-order valence-electron chi connectivity index (χ1n) is 8.26. The van der Waals surface area contributed by atoms with Gasteiger partial charge in [-0.25, -0.2) is 0 Å². The van der Waals surface area contributed by atoms with Crippen LogP contribution in [0.4, 0.5) is 0 Å². The predicted molar refractivity (Wildman–Crippen MR) is 97.5 cm³/mol. The van der Waals surface area contributed by atoms with Crippen LogP contribution in [0.2, 0.25) is 0 Å². The van der Waals surface area contributed by atoms with Gasteiger partial charge in [0.2, 0.25) is 0 Å². The highest BCUT2D eigenvalue weighted by Gasteiger charge is 2.27. The quantitative estimate of drug-likeness (QED) is 0.840. The number of benzene rings is 1. The van der Waals surface area contributed by atoms with Gasteiger partial charge in [0, 0.05) is 31.5 Å². The van der Waals surface area contributed by atoms with Crippen LogP contribution in [0.15, 0.2) is 34.5 Å². The number of hydrogen-bond donors (Lipinski definition) is 1. The molecule has 2 atom stereocenters. The number of likely N-dealkylation sites (N-methyl/N-ethyl adjacent to an activating group) is 2. The average molecular weight is 315 g/mol. The van der Waals surface area contributed by atoms with Gasteiger partial charge in [0.05, 0.1) is 0 Å². The molecule has 0 aliphatic carbocycles. The van der Waals surface area contributed by atoms with E-state index in [0.29, 0.717) is 12.6 Å². The zero-order valence-corrected chi connectivity index (χ0v) is 15.2. The van der Waals surface area contributed by atoms with E-state index in [1.165, 1.54) is 22.4 Å². The van der Waals surface area contributed by atoms with E-state index in [9.17, 15) is 0 Å². The standard InChI is InChI=1S/C19H29N3O/c1-13-7-8-17(11-14(13)2)23-10-9-22(6)16(4)19-18(20-5)15(3)12-21-19/h7-8,11-12,16,19-20H,9-10H2,1-6H3/t16-,19-/m1/s1. The fourth-order valence-corrected chi connectivity index (χ4v) is 2.84. The van der Waals surface area contributed by atoms with Crippen molar-refractivity contribution in [1.82, 2.24) is 10.2 Å². The van der Waals surface area contributed by atoms with Crippen LogP contribution >= 0.6 is 0 Å². The summed E-state index contributed by atoms with van der Waals surface area (Å²) >= 11 is 0. The average Bonchev–Trinajstić information content (AvgIpc) is 2.90. The number of ether oxygens (including phenoxy) is 1. The fraction of sp³-hybridized carbons (Fsp3) is 0.526. The van der Waals surface area contributed by atoms with Crippen molar-refractivity contribution in [1.29, 1.82) is 0 Å². The molecular weight excluding hydrogens is 286 g/mol. The number of hydrogen-bond acceptors (Lipinski definition) is 4. The monoisotopic (exact) mass is 315 g/mol. The highest BCUT2D eigenvalue weighted by Crippen LogP contribution is 2.21. The molecule has 0 saturated carbocycles. The number of aliphatic imine (C=N–C) groups is 1. The zero-order chi connectivity index (χ0) is 17.0. The summed E-state index contributed by atoms with van der Waals surface area (Å²) in [5, 5.41) is 3.29. The summed E-state index contributed by atoms with van der Waals surface area (Å²) < 4.78 is 5.89. The molecule has 1 aromatic rings. The predicted octanol–water partition coefficient (Wildman–Crippen LogP) is 2.95. The second-order valence-electron chi connectivity index (χ2n) is 6.39. The molecule has 0 aromatic heterocycles. The van der Waals surface area contributed by atoms with E-state index < -0.39 is 0 Å². The second kappa shape index (κ2) is 7.64. The van der Waals surface area contributed by atoms with Crippen LogP contribution in [0.3, 0.4) is 0 Å². The molecule has 1 heterocycles. The number of allylic oxidation sites excluding steroid dienone is 1. The largest absolute Gasteiger partial charge is 0.492 e. The lowest BCUT2D eigenvalue weighted by Crippen LogP contribution is -2.42. The molecule has 1 aromatic carbocycles. The molecule has 0 fully saturated rings. The molecule has 126 valence electrons. The Kier molecular flexibility index (Phi) is 5.83. The summed E-state index contributed by atoms with van der Waals surface area (Å²) in [4.78, 5) is 6.94. The number of rotatable bonds is 7.